The van der Waals surface area contributed by atoms with Gasteiger partial charge in [0.15, 0.2) is 0 Å². The molecule has 0 bridgehead atoms. The molecule has 1 aromatic heterocycles. The zero-order valence-electron chi connectivity index (χ0n) is 15.9. The lowest BCUT2D eigenvalue weighted by molar-refractivity contribution is 0.0269. The lowest BCUT2D eigenvalue weighted by atomic mass is 10.0. The first-order valence-electron chi connectivity index (χ1n) is 9.93. The van der Waals surface area contributed by atoms with Gasteiger partial charge in [0.2, 0.25) is 0 Å². The van der Waals surface area contributed by atoms with Crippen molar-refractivity contribution in [2.45, 2.75) is 25.1 Å². The van der Waals surface area contributed by atoms with Crippen LogP contribution in [0.25, 0.3) is 21.8 Å². The van der Waals surface area contributed by atoms with Gasteiger partial charge < -0.3 is 9.67 Å². The van der Waals surface area contributed by atoms with Gasteiger partial charge in [0.25, 0.3) is 0 Å². The largest absolute Gasteiger partial charge is 0.390 e. The predicted molar refractivity (Wildman–Crippen MR) is 111 cm³/mol. The van der Waals surface area contributed by atoms with Crippen molar-refractivity contribution in [3.05, 3.63) is 83.9 Å². The van der Waals surface area contributed by atoms with Crippen LogP contribution in [-0.2, 0) is 6.54 Å². The second kappa shape index (κ2) is 7.25. The summed E-state index contributed by atoms with van der Waals surface area (Å²) in [6, 6.07) is 19.3. The van der Waals surface area contributed by atoms with Gasteiger partial charge in [0.05, 0.1) is 12.1 Å². The molecule has 1 fully saturated rings. The third-order valence-electron chi connectivity index (χ3n) is 5.94. The average molecular weight is 392 g/mol. The maximum Gasteiger partial charge on any atom is 0.123 e. The first-order chi connectivity index (χ1) is 14.1. The van der Waals surface area contributed by atoms with E-state index >= 15 is 0 Å². The molecule has 1 aliphatic rings. The van der Waals surface area contributed by atoms with Crippen molar-refractivity contribution in [2.24, 2.45) is 0 Å². The van der Waals surface area contributed by atoms with E-state index in [0.29, 0.717) is 17.3 Å². The number of aliphatic hydroxyl groups excluding tert-OH is 1. The zero-order chi connectivity index (χ0) is 20.0. The van der Waals surface area contributed by atoms with Gasteiger partial charge in [-0.3, -0.25) is 4.90 Å². The number of aliphatic hydroxyl groups is 1. The van der Waals surface area contributed by atoms with E-state index in [1.807, 2.05) is 18.2 Å². The molecule has 1 N–H and O–H groups in total. The highest BCUT2D eigenvalue weighted by Crippen LogP contribution is 2.36. The number of hydrogen-bond donors (Lipinski definition) is 1. The van der Waals surface area contributed by atoms with Crippen molar-refractivity contribution >= 4 is 21.8 Å². The van der Waals surface area contributed by atoms with E-state index in [9.17, 15) is 13.9 Å². The molecule has 0 spiro atoms. The van der Waals surface area contributed by atoms with Crippen LogP contribution in [0.15, 0.2) is 66.7 Å². The first-order valence-corrected chi connectivity index (χ1v) is 9.93. The lowest BCUT2D eigenvalue weighted by Crippen LogP contribution is -2.44. The third-order valence-corrected chi connectivity index (χ3v) is 5.94. The molecular formula is C24H22F2N2O. The maximum absolute atomic E-state index is 13.9. The molecule has 1 aliphatic heterocycles. The highest BCUT2D eigenvalue weighted by Gasteiger charge is 2.31. The van der Waals surface area contributed by atoms with Crippen LogP contribution in [0.4, 0.5) is 8.78 Å². The SMILES string of the molecule is O[C@@H]1CN(Cc2ccccc2)CCC1n1c2ccc(F)cc2c2cc(F)ccc21. The Morgan fingerprint density at radius 3 is 2.07 bits per heavy atom. The van der Waals surface area contributed by atoms with E-state index < -0.39 is 6.10 Å². The number of nitrogens with zero attached hydrogens (tertiary/aromatic N) is 2. The van der Waals surface area contributed by atoms with Crippen LogP contribution in [0.3, 0.4) is 0 Å². The van der Waals surface area contributed by atoms with Gasteiger partial charge >= 0.3 is 0 Å². The Bertz CT molecular complexity index is 1110. The number of β-amino-alcohol motifs (C(OH)–C–C–N with tert-alkyl or cyclic N) is 1. The standard InChI is InChI=1S/C24H22F2N2O/c25-17-6-8-21-19(12-17)20-13-18(26)7-9-22(20)28(21)23-10-11-27(15-24(23)29)14-16-4-2-1-3-5-16/h1-9,12-13,23-24,29H,10-11,14-15H2/t23?,24-/m1/s1. The van der Waals surface area contributed by atoms with E-state index in [2.05, 4.69) is 21.6 Å². The van der Waals surface area contributed by atoms with Crippen LogP contribution in [-0.4, -0.2) is 33.8 Å². The minimum Gasteiger partial charge on any atom is -0.390 e. The maximum atomic E-state index is 13.9. The molecule has 148 valence electrons. The monoisotopic (exact) mass is 392 g/mol. The second-order valence-electron chi connectivity index (χ2n) is 7.84. The van der Waals surface area contributed by atoms with Crippen molar-refractivity contribution in [3.63, 3.8) is 0 Å². The summed E-state index contributed by atoms with van der Waals surface area (Å²) < 4.78 is 29.8. The summed E-state index contributed by atoms with van der Waals surface area (Å²) in [4.78, 5) is 2.25. The van der Waals surface area contributed by atoms with E-state index in [1.165, 1.54) is 29.8 Å². The van der Waals surface area contributed by atoms with Crippen LogP contribution in [0.5, 0.6) is 0 Å². The lowest BCUT2D eigenvalue weighted by Gasteiger charge is -2.37. The Hall–Kier alpha value is -2.76. The van der Waals surface area contributed by atoms with E-state index in [-0.39, 0.29) is 17.7 Å². The summed E-state index contributed by atoms with van der Waals surface area (Å²) >= 11 is 0. The Labute approximate surface area is 167 Å². The molecule has 5 heteroatoms. The number of rotatable bonds is 3. The first kappa shape index (κ1) is 18.3. The number of benzene rings is 3. The summed E-state index contributed by atoms with van der Waals surface area (Å²) in [6.07, 6.45) is 0.197. The molecular weight excluding hydrogens is 370 g/mol. The predicted octanol–water partition coefficient (Wildman–Crippen LogP) is 4.88. The summed E-state index contributed by atoms with van der Waals surface area (Å²) in [5.74, 6) is -0.696. The van der Waals surface area contributed by atoms with Crippen molar-refractivity contribution in [3.8, 4) is 0 Å². The van der Waals surface area contributed by atoms with E-state index in [4.69, 9.17) is 0 Å². The molecule has 5 rings (SSSR count). The summed E-state index contributed by atoms with van der Waals surface area (Å²) in [5.41, 5.74) is 2.88. The van der Waals surface area contributed by atoms with Crippen LogP contribution >= 0.6 is 0 Å². The minimum atomic E-state index is -0.568. The number of hydrogen-bond acceptors (Lipinski definition) is 2. The zero-order valence-corrected chi connectivity index (χ0v) is 15.9. The molecule has 3 aromatic carbocycles. The Kier molecular flexibility index (Phi) is 4.57. The second-order valence-corrected chi connectivity index (χ2v) is 7.84. The van der Waals surface area contributed by atoms with Gasteiger partial charge in [-0.2, -0.15) is 0 Å². The fourth-order valence-electron chi connectivity index (χ4n) is 4.63. The molecule has 1 unspecified atom stereocenters. The summed E-state index contributed by atoms with van der Waals surface area (Å²) in [5, 5.41) is 12.4. The molecule has 1 saturated heterocycles. The average Bonchev–Trinajstić information content (AvgIpc) is 3.02. The van der Waals surface area contributed by atoms with Gasteiger partial charge in [0.1, 0.15) is 11.6 Å². The van der Waals surface area contributed by atoms with Crippen molar-refractivity contribution in [1.82, 2.24) is 9.47 Å². The number of fused-ring (bicyclic) bond motifs is 3. The Morgan fingerprint density at radius 1 is 0.862 bits per heavy atom. The van der Waals surface area contributed by atoms with Crippen LogP contribution in [0, 0.1) is 11.6 Å². The molecule has 3 nitrogen and oxygen atoms in total. The van der Waals surface area contributed by atoms with E-state index in [0.717, 1.165) is 30.5 Å². The molecule has 2 heterocycles. The Morgan fingerprint density at radius 2 is 1.48 bits per heavy atom. The molecule has 29 heavy (non-hydrogen) atoms. The van der Waals surface area contributed by atoms with Gasteiger partial charge in [-0.25, -0.2) is 8.78 Å². The number of aromatic nitrogens is 1. The van der Waals surface area contributed by atoms with Crippen molar-refractivity contribution in [1.29, 1.82) is 0 Å². The normalized spacial score (nSPS) is 20.5. The Balaban J connectivity index is 1.51. The summed E-state index contributed by atoms with van der Waals surface area (Å²) in [6.45, 7) is 2.21. The topological polar surface area (TPSA) is 28.4 Å². The number of piperidine rings is 1. The number of likely N-dealkylation sites (tertiary alicyclic amines) is 1. The quantitative estimate of drug-likeness (QED) is 0.538. The molecule has 2 atom stereocenters. The van der Waals surface area contributed by atoms with E-state index in [1.54, 1.807) is 12.1 Å². The fraction of sp³-hybridized carbons (Fsp3) is 0.250. The van der Waals surface area contributed by atoms with Gasteiger partial charge in [-0.1, -0.05) is 30.3 Å². The fourth-order valence-corrected chi connectivity index (χ4v) is 4.63. The molecule has 0 saturated carbocycles. The molecule has 4 aromatic rings. The molecule has 0 aliphatic carbocycles. The van der Waals surface area contributed by atoms with Gasteiger partial charge in [-0.05, 0) is 48.4 Å². The number of halogens is 2. The molecule has 0 amide bonds. The smallest absolute Gasteiger partial charge is 0.123 e. The minimum absolute atomic E-state index is 0.141. The highest BCUT2D eigenvalue weighted by molar-refractivity contribution is 6.08. The van der Waals surface area contributed by atoms with Gasteiger partial charge in [0, 0.05) is 41.4 Å². The molecule has 0 radical (unpaired) electrons. The van der Waals surface area contributed by atoms with Crippen molar-refractivity contribution < 1.29 is 13.9 Å². The van der Waals surface area contributed by atoms with Crippen LogP contribution < -0.4 is 0 Å². The highest BCUT2D eigenvalue weighted by atomic mass is 19.1. The third kappa shape index (κ3) is 3.30. The van der Waals surface area contributed by atoms with Crippen LogP contribution in [0.1, 0.15) is 18.0 Å². The van der Waals surface area contributed by atoms with Gasteiger partial charge in [-0.15, -0.1) is 0 Å². The van der Waals surface area contributed by atoms with Crippen LogP contribution in [0.2, 0.25) is 0 Å². The van der Waals surface area contributed by atoms with Crippen molar-refractivity contribution in [2.75, 3.05) is 13.1 Å². The summed E-state index contributed by atoms with van der Waals surface area (Å²) in [7, 11) is 0.